The standard InChI is InChI=1S/C16H24N2O3/c1-3-20-14-6-5-13(11-15(14)21-4-2)18-16(19)12-7-9-17-10-8-12/h5-6,11-12,17H,3-4,7-10H2,1-2H3,(H,18,19). The molecule has 0 radical (unpaired) electrons. The lowest BCUT2D eigenvalue weighted by atomic mass is 9.97. The average Bonchev–Trinajstić information content (AvgIpc) is 2.51. The van der Waals surface area contributed by atoms with Crippen LogP contribution in [-0.2, 0) is 4.79 Å². The van der Waals surface area contributed by atoms with Gasteiger partial charge in [-0.05, 0) is 51.9 Å². The molecule has 1 fully saturated rings. The summed E-state index contributed by atoms with van der Waals surface area (Å²) in [6.45, 7) is 6.82. The van der Waals surface area contributed by atoms with Gasteiger partial charge in [0.25, 0.3) is 0 Å². The van der Waals surface area contributed by atoms with Gasteiger partial charge in [-0.3, -0.25) is 4.79 Å². The van der Waals surface area contributed by atoms with Crippen LogP contribution in [0.5, 0.6) is 11.5 Å². The van der Waals surface area contributed by atoms with Crippen molar-refractivity contribution in [2.45, 2.75) is 26.7 Å². The fourth-order valence-electron chi connectivity index (χ4n) is 2.46. The normalized spacial score (nSPS) is 15.5. The van der Waals surface area contributed by atoms with E-state index in [4.69, 9.17) is 9.47 Å². The molecule has 2 N–H and O–H groups in total. The minimum atomic E-state index is 0.0862. The highest BCUT2D eigenvalue weighted by atomic mass is 16.5. The summed E-state index contributed by atoms with van der Waals surface area (Å²) in [4.78, 5) is 12.2. The number of nitrogens with one attached hydrogen (secondary N) is 2. The first-order valence-corrected chi connectivity index (χ1v) is 7.65. The van der Waals surface area contributed by atoms with Gasteiger partial charge in [-0.2, -0.15) is 0 Å². The Kier molecular flexibility index (Phi) is 5.87. The molecule has 0 saturated carbocycles. The molecule has 5 heteroatoms. The highest BCUT2D eigenvalue weighted by Gasteiger charge is 2.21. The highest BCUT2D eigenvalue weighted by Crippen LogP contribution is 2.31. The van der Waals surface area contributed by atoms with E-state index in [1.807, 2.05) is 32.0 Å². The summed E-state index contributed by atoms with van der Waals surface area (Å²) < 4.78 is 11.1. The molecule has 0 aliphatic carbocycles. The van der Waals surface area contributed by atoms with Crippen molar-refractivity contribution < 1.29 is 14.3 Å². The second kappa shape index (κ2) is 7.88. The van der Waals surface area contributed by atoms with Crippen molar-refractivity contribution in [2.75, 3.05) is 31.6 Å². The van der Waals surface area contributed by atoms with Crippen LogP contribution in [0.15, 0.2) is 18.2 Å². The average molecular weight is 292 g/mol. The van der Waals surface area contributed by atoms with Crippen LogP contribution in [0.4, 0.5) is 5.69 Å². The molecule has 5 nitrogen and oxygen atoms in total. The maximum absolute atomic E-state index is 12.2. The minimum Gasteiger partial charge on any atom is -0.490 e. The Balaban J connectivity index is 2.05. The zero-order valence-electron chi connectivity index (χ0n) is 12.8. The number of carbonyl (C=O) groups is 1. The van der Waals surface area contributed by atoms with Gasteiger partial charge in [0.05, 0.1) is 13.2 Å². The van der Waals surface area contributed by atoms with Crippen molar-refractivity contribution in [1.29, 1.82) is 0 Å². The van der Waals surface area contributed by atoms with Gasteiger partial charge in [0, 0.05) is 17.7 Å². The minimum absolute atomic E-state index is 0.0862. The molecule has 1 aromatic rings. The third-order valence-corrected chi connectivity index (χ3v) is 3.52. The molecule has 0 bridgehead atoms. The molecule has 0 spiro atoms. The van der Waals surface area contributed by atoms with Crippen molar-refractivity contribution in [2.24, 2.45) is 5.92 Å². The number of amides is 1. The molecule has 1 aromatic carbocycles. The van der Waals surface area contributed by atoms with E-state index in [1.165, 1.54) is 0 Å². The van der Waals surface area contributed by atoms with E-state index in [-0.39, 0.29) is 11.8 Å². The predicted molar refractivity (Wildman–Crippen MR) is 83.0 cm³/mol. The first-order valence-electron chi connectivity index (χ1n) is 7.65. The molecule has 2 rings (SSSR count). The largest absolute Gasteiger partial charge is 0.490 e. The number of carbonyl (C=O) groups excluding carboxylic acids is 1. The molecule has 0 aromatic heterocycles. The summed E-state index contributed by atoms with van der Waals surface area (Å²) in [6, 6.07) is 5.52. The van der Waals surface area contributed by atoms with Gasteiger partial charge >= 0.3 is 0 Å². The molecule has 0 unspecified atom stereocenters. The van der Waals surface area contributed by atoms with Gasteiger partial charge in [-0.1, -0.05) is 0 Å². The third-order valence-electron chi connectivity index (χ3n) is 3.52. The lowest BCUT2D eigenvalue weighted by Gasteiger charge is -2.22. The lowest BCUT2D eigenvalue weighted by molar-refractivity contribution is -0.120. The Labute approximate surface area is 126 Å². The SMILES string of the molecule is CCOc1ccc(NC(=O)C2CCNCC2)cc1OCC. The van der Waals surface area contributed by atoms with Gasteiger partial charge in [0.1, 0.15) is 0 Å². The van der Waals surface area contributed by atoms with Crippen LogP contribution in [0.2, 0.25) is 0 Å². The Morgan fingerprint density at radius 3 is 2.52 bits per heavy atom. The number of ether oxygens (including phenoxy) is 2. The van der Waals surface area contributed by atoms with Gasteiger partial charge < -0.3 is 20.1 Å². The summed E-state index contributed by atoms with van der Waals surface area (Å²) in [5.74, 6) is 1.55. The van der Waals surface area contributed by atoms with Gasteiger partial charge in [-0.15, -0.1) is 0 Å². The first kappa shape index (κ1) is 15.6. The zero-order chi connectivity index (χ0) is 15.1. The molecule has 1 aliphatic heterocycles. The van der Waals surface area contributed by atoms with Crippen LogP contribution in [-0.4, -0.2) is 32.2 Å². The molecular formula is C16H24N2O3. The van der Waals surface area contributed by atoms with E-state index in [2.05, 4.69) is 10.6 Å². The van der Waals surface area contributed by atoms with Crippen molar-refractivity contribution in [3.63, 3.8) is 0 Å². The molecule has 21 heavy (non-hydrogen) atoms. The summed E-state index contributed by atoms with van der Waals surface area (Å²) in [7, 11) is 0. The maximum Gasteiger partial charge on any atom is 0.227 e. The second-order valence-electron chi connectivity index (χ2n) is 5.04. The predicted octanol–water partition coefficient (Wildman–Crippen LogP) is 2.42. The molecule has 1 amide bonds. The first-order chi connectivity index (χ1) is 10.2. The molecule has 116 valence electrons. The van der Waals surface area contributed by atoms with Crippen LogP contribution in [0.25, 0.3) is 0 Å². The molecule has 1 saturated heterocycles. The zero-order valence-corrected chi connectivity index (χ0v) is 12.8. The number of piperidine rings is 1. The fraction of sp³-hybridized carbons (Fsp3) is 0.562. The van der Waals surface area contributed by atoms with E-state index in [9.17, 15) is 4.79 Å². The number of anilines is 1. The van der Waals surface area contributed by atoms with Crippen molar-refractivity contribution >= 4 is 11.6 Å². The fourth-order valence-corrected chi connectivity index (χ4v) is 2.46. The van der Waals surface area contributed by atoms with E-state index in [0.29, 0.717) is 24.7 Å². The van der Waals surface area contributed by atoms with E-state index in [0.717, 1.165) is 31.6 Å². The van der Waals surface area contributed by atoms with Gasteiger partial charge in [0.15, 0.2) is 11.5 Å². The van der Waals surface area contributed by atoms with Crippen molar-refractivity contribution in [1.82, 2.24) is 5.32 Å². The maximum atomic E-state index is 12.2. The smallest absolute Gasteiger partial charge is 0.227 e. The Bertz CT molecular complexity index is 471. The van der Waals surface area contributed by atoms with Gasteiger partial charge in [0.2, 0.25) is 5.91 Å². The van der Waals surface area contributed by atoms with Crippen LogP contribution in [0, 0.1) is 5.92 Å². The van der Waals surface area contributed by atoms with E-state index in [1.54, 1.807) is 0 Å². The number of benzene rings is 1. The second-order valence-corrected chi connectivity index (χ2v) is 5.04. The highest BCUT2D eigenvalue weighted by molar-refractivity contribution is 5.93. The Morgan fingerprint density at radius 1 is 1.19 bits per heavy atom. The molecule has 0 atom stereocenters. The Hall–Kier alpha value is -1.75. The van der Waals surface area contributed by atoms with Crippen molar-refractivity contribution in [3.05, 3.63) is 18.2 Å². The van der Waals surface area contributed by atoms with Crippen LogP contribution in [0.3, 0.4) is 0 Å². The summed E-state index contributed by atoms with van der Waals surface area (Å²) >= 11 is 0. The van der Waals surface area contributed by atoms with Crippen LogP contribution < -0.4 is 20.1 Å². The molecule has 1 aliphatic rings. The third kappa shape index (κ3) is 4.36. The number of rotatable bonds is 6. The van der Waals surface area contributed by atoms with Crippen LogP contribution >= 0.6 is 0 Å². The summed E-state index contributed by atoms with van der Waals surface area (Å²) in [5.41, 5.74) is 0.755. The summed E-state index contributed by atoms with van der Waals surface area (Å²) in [6.07, 6.45) is 1.78. The van der Waals surface area contributed by atoms with Crippen LogP contribution in [0.1, 0.15) is 26.7 Å². The van der Waals surface area contributed by atoms with E-state index >= 15 is 0 Å². The van der Waals surface area contributed by atoms with E-state index < -0.39 is 0 Å². The lowest BCUT2D eigenvalue weighted by Crippen LogP contribution is -2.34. The molecular weight excluding hydrogens is 268 g/mol. The number of hydrogen-bond donors (Lipinski definition) is 2. The Morgan fingerprint density at radius 2 is 1.86 bits per heavy atom. The monoisotopic (exact) mass is 292 g/mol. The van der Waals surface area contributed by atoms with Gasteiger partial charge in [-0.25, -0.2) is 0 Å². The van der Waals surface area contributed by atoms with Crippen molar-refractivity contribution in [3.8, 4) is 11.5 Å². The quantitative estimate of drug-likeness (QED) is 0.845. The summed E-state index contributed by atoms with van der Waals surface area (Å²) in [5, 5.41) is 6.24. The number of hydrogen-bond acceptors (Lipinski definition) is 4. The molecule has 1 heterocycles. The topological polar surface area (TPSA) is 59.6 Å².